The van der Waals surface area contributed by atoms with Crippen LogP contribution >= 0.6 is 0 Å². The molecule has 1 amide bonds. The van der Waals surface area contributed by atoms with Crippen LogP contribution in [0.4, 0.5) is 0 Å². The van der Waals surface area contributed by atoms with Crippen molar-refractivity contribution in [2.24, 2.45) is 34.5 Å². The number of aliphatic hydroxyl groups excluding tert-OH is 1. The number of carbonyl (C=O) groups excluding carboxylic acids is 1. The summed E-state index contributed by atoms with van der Waals surface area (Å²) in [4.78, 5) is 14.7. The maximum atomic E-state index is 12.6. The lowest BCUT2D eigenvalue weighted by molar-refractivity contribution is -0.174. The molecule has 0 spiro atoms. The van der Waals surface area contributed by atoms with E-state index in [1.165, 1.54) is 44.9 Å². The fourth-order valence-corrected chi connectivity index (χ4v) is 8.04. The van der Waals surface area contributed by atoms with Crippen molar-refractivity contribution in [3.8, 4) is 0 Å². The Morgan fingerprint density at radius 2 is 1.88 bits per heavy atom. The molecule has 8 atom stereocenters. The predicted octanol–water partition coefficient (Wildman–Crippen LogP) is 4.24. The summed E-state index contributed by atoms with van der Waals surface area (Å²) in [5.74, 6) is 3.12. The van der Waals surface area contributed by atoms with Gasteiger partial charge in [0.1, 0.15) is 0 Å². The van der Waals surface area contributed by atoms with Crippen molar-refractivity contribution in [3.05, 3.63) is 0 Å². The summed E-state index contributed by atoms with van der Waals surface area (Å²) in [5, 5.41) is 10.6. The molecule has 142 valence electrons. The molecule has 4 aliphatic rings. The van der Waals surface area contributed by atoms with E-state index in [4.69, 9.17) is 0 Å². The lowest BCUT2D eigenvalue weighted by Gasteiger charge is -2.64. The van der Waals surface area contributed by atoms with Crippen LogP contribution in [0, 0.1) is 34.5 Å². The monoisotopic (exact) mass is 347 g/mol. The van der Waals surface area contributed by atoms with Crippen molar-refractivity contribution >= 4 is 5.91 Å². The molecule has 0 aromatic rings. The van der Waals surface area contributed by atoms with Gasteiger partial charge in [0.2, 0.25) is 5.91 Å². The molecule has 4 rings (SSSR count). The van der Waals surface area contributed by atoms with Crippen molar-refractivity contribution in [1.29, 1.82) is 0 Å². The van der Waals surface area contributed by atoms with Crippen LogP contribution in [0.5, 0.6) is 0 Å². The molecule has 3 saturated carbocycles. The third kappa shape index (κ3) is 2.30. The summed E-state index contributed by atoms with van der Waals surface area (Å²) in [7, 11) is 2.06. The second kappa shape index (κ2) is 5.97. The maximum Gasteiger partial charge on any atom is 0.222 e. The largest absolute Gasteiger partial charge is 0.393 e. The maximum absolute atomic E-state index is 12.6. The van der Waals surface area contributed by atoms with Gasteiger partial charge in [-0.2, -0.15) is 0 Å². The number of likely N-dealkylation sites (tertiary alicyclic amines) is 1. The van der Waals surface area contributed by atoms with Crippen LogP contribution in [0.1, 0.15) is 78.6 Å². The highest BCUT2D eigenvalue weighted by Gasteiger charge is 2.63. The van der Waals surface area contributed by atoms with Crippen molar-refractivity contribution in [1.82, 2.24) is 4.90 Å². The minimum Gasteiger partial charge on any atom is -0.393 e. The topological polar surface area (TPSA) is 40.5 Å². The number of carbonyl (C=O) groups is 1. The second-order valence-corrected chi connectivity index (χ2v) is 10.2. The molecule has 3 nitrogen and oxygen atoms in total. The highest BCUT2D eigenvalue weighted by molar-refractivity contribution is 5.78. The number of rotatable bonds is 2. The number of fused-ring (bicyclic) bond motifs is 5. The molecule has 3 heteroatoms. The van der Waals surface area contributed by atoms with Crippen LogP contribution < -0.4 is 0 Å². The molecular weight excluding hydrogens is 310 g/mol. The van der Waals surface area contributed by atoms with Crippen molar-refractivity contribution in [3.63, 3.8) is 0 Å². The van der Waals surface area contributed by atoms with Gasteiger partial charge in [0.05, 0.1) is 6.10 Å². The van der Waals surface area contributed by atoms with E-state index in [1.54, 1.807) is 0 Å². The van der Waals surface area contributed by atoms with Gasteiger partial charge in [-0.3, -0.25) is 4.79 Å². The molecule has 1 aliphatic heterocycles. The van der Waals surface area contributed by atoms with E-state index < -0.39 is 0 Å². The highest BCUT2D eigenvalue weighted by atomic mass is 16.3. The van der Waals surface area contributed by atoms with E-state index in [1.807, 2.05) is 0 Å². The lowest BCUT2D eigenvalue weighted by atomic mass is 9.45. The minimum atomic E-state index is -0.0916. The Morgan fingerprint density at radius 3 is 2.60 bits per heavy atom. The second-order valence-electron chi connectivity index (χ2n) is 10.2. The first-order chi connectivity index (χ1) is 11.8. The fourth-order valence-electron chi connectivity index (χ4n) is 8.04. The smallest absolute Gasteiger partial charge is 0.222 e. The molecule has 0 bridgehead atoms. The van der Waals surface area contributed by atoms with Gasteiger partial charge in [-0.1, -0.05) is 27.2 Å². The molecule has 1 heterocycles. The number of hydrogen-bond acceptors (Lipinski definition) is 2. The number of aliphatic hydroxyl groups is 1. The Morgan fingerprint density at radius 1 is 1.12 bits per heavy atom. The SMILES string of the molecule is CCC[C@H]1CC(=O)N(C)[C@@H]2CC[C@H]3[C@@H]4CC[C@H](O)[C@@]4(C)CC[C@@H]3[C@@]12C. The first-order valence-electron chi connectivity index (χ1n) is 10.8. The molecule has 0 unspecified atom stereocenters. The summed E-state index contributed by atoms with van der Waals surface area (Å²) in [5.41, 5.74) is 0.428. The Hall–Kier alpha value is -0.570. The summed E-state index contributed by atoms with van der Waals surface area (Å²) >= 11 is 0. The minimum absolute atomic E-state index is 0.0916. The van der Waals surface area contributed by atoms with Gasteiger partial charge < -0.3 is 10.0 Å². The van der Waals surface area contributed by atoms with Crippen molar-refractivity contribution in [2.45, 2.75) is 90.7 Å². The molecule has 4 fully saturated rings. The van der Waals surface area contributed by atoms with Crippen LogP contribution in [0.2, 0.25) is 0 Å². The zero-order valence-corrected chi connectivity index (χ0v) is 16.6. The summed E-state index contributed by atoms with van der Waals surface area (Å²) in [6.07, 6.45) is 10.1. The summed E-state index contributed by atoms with van der Waals surface area (Å²) in [6, 6.07) is 0.433. The number of hydrogen-bond donors (Lipinski definition) is 1. The molecule has 1 saturated heterocycles. The van der Waals surface area contributed by atoms with E-state index >= 15 is 0 Å². The van der Waals surface area contributed by atoms with Gasteiger partial charge in [0.25, 0.3) is 0 Å². The van der Waals surface area contributed by atoms with E-state index in [2.05, 4.69) is 32.7 Å². The zero-order chi connectivity index (χ0) is 18.0. The molecule has 0 aromatic carbocycles. The quantitative estimate of drug-likeness (QED) is 0.812. The van der Waals surface area contributed by atoms with Gasteiger partial charge in [-0.25, -0.2) is 0 Å². The molecule has 3 aliphatic carbocycles. The van der Waals surface area contributed by atoms with Gasteiger partial charge in [-0.15, -0.1) is 0 Å². The molecule has 0 aromatic heterocycles. The first-order valence-corrected chi connectivity index (χ1v) is 10.8. The Balaban J connectivity index is 1.70. The van der Waals surface area contributed by atoms with E-state index in [-0.39, 0.29) is 16.9 Å². The van der Waals surface area contributed by atoms with Crippen LogP contribution in [0.3, 0.4) is 0 Å². The number of piperidine rings is 1. The first kappa shape index (κ1) is 17.8. The standard InChI is InChI=1S/C22H37NO2/c1-5-6-14-13-20(25)23(4)18-9-7-15-16-8-10-19(24)21(16,2)12-11-17(15)22(14,18)3/h14-19,24H,5-13H2,1-4H3/t14-,15-,16-,17-,18+,19-,21-,22+/m0/s1. The van der Waals surface area contributed by atoms with E-state index in [0.29, 0.717) is 23.8 Å². The molecule has 1 N–H and O–H groups in total. The lowest BCUT2D eigenvalue weighted by Crippen LogP contribution is -2.64. The van der Waals surface area contributed by atoms with Crippen LogP contribution in [0.25, 0.3) is 0 Å². The molecule has 25 heavy (non-hydrogen) atoms. The van der Waals surface area contributed by atoms with Gasteiger partial charge in [0.15, 0.2) is 0 Å². The van der Waals surface area contributed by atoms with Gasteiger partial charge in [-0.05, 0) is 79.4 Å². The Kier molecular flexibility index (Phi) is 4.26. The van der Waals surface area contributed by atoms with Crippen LogP contribution in [-0.2, 0) is 4.79 Å². The van der Waals surface area contributed by atoms with Crippen molar-refractivity contribution < 1.29 is 9.90 Å². The summed E-state index contributed by atoms with van der Waals surface area (Å²) < 4.78 is 0. The molecular formula is C22H37NO2. The normalized spacial score (nSPS) is 52.5. The average Bonchev–Trinajstić information content (AvgIpc) is 2.88. The van der Waals surface area contributed by atoms with Crippen molar-refractivity contribution in [2.75, 3.05) is 7.05 Å². The highest BCUT2D eigenvalue weighted by Crippen LogP contribution is 2.66. The predicted molar refractivity (Wildman–Crippen MR) is 100.0 cm³/mol. The van der Waals surface area contributed by atoms with E-state index in [0.717, 1.165) is 24.7 Å². The average molecular weight is 348 g/mol. The molecule has 0 radical (unpaired) electrons. The van der Waals surface area contributed by atoms with Gasteiger partial charge in [0, 0.05) is 19.5 Å². The number of amides is 1. The third-order valence-corrected chi connectivity index (χ3v) is 9.48. The zero-order valence-electron chi connectivity index (χ0n) is 16.6. The Bertz CT molecular complexity index is 548. The van der Waals surface area contributed by atoms with Gasteiger partial charge >= 0.3 is 0 Å². The Labute approximate surface area is 153 Å². The number of nitrogens with zero attached hydrogens (tertiary/aromatic N) is 1. The third-order valence-electron chi connectivity index (χ3n) is 9.48. The fraction of sp³-hybridized carbons (Fsp3) is 0.955. The summed E-state index contributed by atoms with van der Waals surface area (Å²) in [6.45, 7) is 7.17. The van der Waals surface area contributed by atoms with Crippen LogP contribution in [-0.4, -0.2) is 35.1 Å². The van der Waals surface area contributed by atoms with E-state index in [9.17, 15) is 9.90 Å². The van der Waals surface area contributed by atoms with Crippen LogP contribution in [0.15, 0.2) is 0 Å².